The first-order chi connectivity index (χ1) is 13.4. The van der Waals surface area contributed by atoms with Crippen LogP contribution in [0.1, 0.15) is 26.7 Å². The molecule has 150 valence electrons. The van der Waals surface area contributed by atoms with Crippen LogP contribution in [0.15, 0.2) is 73.3 Å². The molecule has 1 heterocycles. The van der Waals surface area contributed by atoms with Crippen molar-refractivity contribution in [2.45, 2.75) is 43.9 Å². The second-order valence-corrected chi connectivity index (χ2v) is 12.4. The molecule has 0 unspecified atom stereocenters. The topological polar surface area (TPSA) is 32.7 Å². The number of rotatable bonds is 9. The molecule has 28 heavy (non-hydrogen) atoms. The van der Waals surface area contributed by atoms with E-state index in [1.54, 1.807) is 7.11 Å². The standard InChI is InChI=1S/C24H33NO2Si/c1-5-18-25-19-23(27-4)22(25)16-17-24(2,3)28(26,20-12-8-6-9-13-20)21-14-10-7-11-15-21/h5-15,22-23,26H,1,16-19H2,2-4H3/t22-,23+/m1/s1. The summed E-state index contributed by atoms with van der Waals surface area (Å²) >= 11 is 0. The lowest BCUT2D eigenvalue weighted by molar-refractivity contribution is -0.0831. The fraction of sp³-hybridized carbons (Fsp3) is 0.417. The first-order valence-electron chi connectivity index (χ1n) is 10.1. The Morgan fingerprint density at radius 3 is 2.11 bits per heavy atom. The number of methoxy groups -OCH3 is 1. The van der Waals surface area contributed by atoms with E-state index in [4.69, 9.17) is 4.74 Å². The van der Waals surface area contributed by atoms with Gasteiger partial charge in [0.05, 0.1) is 6.10 Å². The first kappa shape index (κ1) is 21.0. The van der Waals surface area contributed by atoms with Gasteiger partial charge < -0.3 is 9.53 Å². The predicted molar refractivity (Wildman–Crippen MR) is 120 cm³/mol. The van der Waals surface area contributed by atoms with Gasteiger partial charge in [-0.25, -0.2) is 0 Å². The van der Waals surface area contributed by atoms with Crippen LogP contribution in [-0.2, 0) is 4.74 Å². The van der Waals surface area contributed by atoms with E-state index in [1.807, 2.05) is 42.5 Å². The molecule has 1 N–H and O–H groups in total. The molecule has 1 saturated heterocycles. The van der Waals surface area contributed by atoms with Crippen LogP contribution in [0.3, 0.4) is 0 Å². The summed E-state index contributed by atoms with van der Waals surface area (Å²) < 4.78 is 5.67. The number of likely N-dealkylation sites (tertiary alicyclic amines) is 1. The number of benzene rings is 2. The van der Waals surface area contributed by atoms with Crippen molar-refractivity contribution in [3.8, 4) is 0 Å². The van der Waals surface area contributed by atoms with E-state index < -0.39 is 8.32 Å². The van der Waals surface area contributed by atoms with Crippen molar-refractivity contribution in [3.05, 3.63) is 73.3 Å². The van der Waals surface area contributed by atoms with Crippen LogP contribution in [0.5, 0.6) is 0 Å². The third-order valence-corrected chi connectivity index (χ3v) is 11.0. The zero-order valence-electron chi connectivity index (χ0n) is 17.3. The molecule has 0 amide bonds. The fourth-order valence-corrected chi connectivity index (χ4v) is 8.31. The highest BCUT2D eigenvalue weighted by Crippen LogP contribution is 2.41. The van der Waals surface area contributed by atoms with E-state index in [0.29, 0.717) is 6.04 Å². The molecule has 4 heteroatoms. The second kappa shape index (κ2) is 8.74. The maximum absolute atomic E-state index is 12.3. The van der Waals surface area contributed by atoms with Crippen LogP contribution >= 0.6 is 0 Å². The van der Waals surface area contributed by atoms with Gasteiger partial charge in [-0.1, -0.05) is 80.6 Å². The maximum Gasteiger partial charge on any atom is 0.258 e. The Balaban J connectivity index is 1.88. The van der Waals surface area contributed by atoms with Crippen LogP contribution in [-0.4, -0.2) is 50.4 Å². The van der Waals surface area contributed by atoms with Gasteiger partial charge in [0.1, 0.15) is 0 Å². The maximum atomic E-state index is 12.3. The molecule has 0 saturated carbocycles. The van der Waals surface area contributed by atoms with E-state index in [1.165, 1.54) is 0 Å². The summed E-state index contributed by atoms with van der Waals surface area (Å²) in [6.07, 6.45) is 4.19. The molecule has 2 atom stereocenters. The van der Waals surface area contributed by atoms with Crippen LogP contribution in [0.25, 0.3) is 0 Å². The molecular weight excluding hydrogens is 362 g/mol. The third-order valence-electron chi connectivity index (χ3n) is 6.41. The van der Waals surface area contributed by atoms with Gasteiger partial charge in [0, 0.05) is 26.2 Å². The largest absolute Gasteiger partial charge is 0.424 e. The summed E-state index contributed by atoms with van der Waals surface area (Å²) in [4.78, 5) is 14.7. The van der Waals surface area contributed by atoms with Crippen LogP contribution in [0, 0.1) is 0 Å². The predicted octanol–water partition coefficient (Wildman–Crippen LogP) is 3.18. The smallest absolute Gasteiger partial charge is 0.258 e. The summed E-state index contributed by atoms with van der Waals surface area (Å²) in [7, 11) is -1.14. The average molecular weight is 396 g/mol. The van der Waals surface area contributed by atoms with Crippen molar-refractivity contribution in [3.63, 3.8) is 0 Å². The zero-order chi connectivity index (χ0) is 20.2. The Morgan fingerprint density at radius 2 is 1.64 bits per heavy atom. The quantitative estimate of drug-likeness (QED) is 0.523. The van der Waals surface area contributed by atoms with E-state index in [9.17, 15) is 4.80 Å². The van der Waals surface area contributed by atoms with Crippen molar-refractivity contribution in [1.82, 2.24) is 4.90 Å². The molecule has 3 nitrogen and oxygen atoms in total. The van der Waals surface area contributed by atoms with Gasteiger partial charge in [-0.15, -0.1) is 6.58 Å². The highest BCUT2D eigenvalue weighted by molar-refractivity contribution is 6.98. The molecule has 2 aromatic rings. The average Bonchev–Trinajstić information content (AvgIpc) is 2.71. The molecule has 0 spiro atoms. The van der Waals surface area contributed by atoms with Gasteiger partial charge in [0.25, 0.3) is 8.32 Å². The van der Waals surface area contributed by atoms with Crippen LogP contribution in [0.4, 0.5) is 0 Å². The minimum absolute atomic E-state index is 0.219. The SMILES string of the molecule is C=CCN1C[C@H](OC)[C@H]1CCC(C)(C)[Si](O)(c1ccccc1)c1ccccc1. The molecule has 2 aromatic carbocycles. The van der Waals surface area contributed by atoms with E-state index in [2.05, 4.69) is 49.6 Å². The highest BCUT2D eigenvalue weighted by Gasteiger charge is 2.50. The summed E-state index contributed by atoms with van der Waals surface area (Å²) in [5.74, 6) is 0. The van der Waals surface area contributed by atoms with Crippen molar-refractivity contribution in [2.24, 2.45) is 0 Å². The molecule has 1 fully saturated rings. The summed E-state index contributed by atoms with van der Waals surface area (Å²) in [5, 5.41) is 1.93. The van der Waals surface area contributed by atoms with Crippen molar-refractivity contribution < 1.29 is 9.53 Å². The lowest BCUT2D eigenvalue weighted by Crippen LogP contribution is -2.66. The lowest BCUT2D eigenvalue weighted by Gasteiger charge is -2.49. The molecule has 1 aliphatic heterocycles. The lowest BCUT2D eigenvalue weighted by atomic mass is 9.91. The minimum atomic E-state index is -2.94. The van der Waals surface area contributed by atoms with Gasteiger partial charge in [0.15, 0.2) is 0 Å². The van der Waals surface area contributed by atoms with Gasteiger partial charge in [-0.2, -0.15) is 0 Å². The van der Waals surface area contributed by atoms with E-state index in [-0.39, 0.29) is 11.1 Å². The Kier molecular flexibility index (Phi) is 6.56. The molecule has 1 aliphatic rings. The molecule has 3 rings (SSSR count). The highest BCUT2D eigenvalue weighted by atomic mass is 28.4. The normalized spacial score (nSPS) is 20.6. The van der Waals surface area contributed by atoms with Crippen molar-refractivity contribution in [2.75, 3.05) is 20.2 Å². The Bertz CT molecular complexity index is 723. The van der Waals surface area contributed by atoms with Crippen molar-refractivity contribution >= 4 is 18.7 Å². The molecule has 0 radical (unpaired) electrons. The fourth-order valence-electron chi connectivity index (χ4n) is 4.56. The monoisotopic (exact) mass is 395 g/mol. The minimum Gasteiger partial charge on any atom is -0.424 e. The van der Waals surface area contributed by atoms with E-state index >= 15 is 0 Å². The Hall–Kier alpha value is -1.72. The molecule has 0 bridgehead atoms. The second-order valence-electron chi connectivity index (χ2n) is 8.45. The molecule has 0 aliphatic carbocycles. The number of ether oxygens (including phenoxy) is 1. The third kappa shape index (κ3) is 3.87. The molecule has 0 aromatic heterocycles. The van der Waals surface area contributed by atoms with E-state index in [0.717, 1.165) is 36.3 Å². The van der Waals surface area contributed by atoms with Crippen LogP contribution in [0.2, 0.25) is 5.04 Å². The van der Waals surface area contributed by atoms with Gasteiger partial charge in [-0.3, -0.25) is 4.90 Å². The van der Waals surface area contributed by atoms with Crippen molar-refractivity contribution in [1.29, 1.82) is 0 Å². The Labute approximate surface area is 170 Å². The first-order valence-corrected chi connectivity index (χ1v) is 12.1. The summed E-state index contributed by atoms with van der Waals surface area (Å²) in [5.41, 5.74) is 0. The molecular formula is C24H33NO2Si. The van der Waals surface area contributed by atoms with Gasteiger partial charge >= 0.3 is 0 Å². The zero-order valence-corrected chi connectivity index (χ0v) is 18.3. The van der Waals surface area contributed by atoms with Gasteiger partial charge in [-0.05, 0) is 28.3 Å². The summed E-state index contributed by atoms with van der Waals surface area (Å²) in [6.45, 7) is 10.2. The Morgan fingerprint density at radius 1 is 1.11 bits per heavy atom. The number of hydrogen-bond acceptors (Lipinski definition) is 3. The summed E-state index contributed by atoms with van der Waals surface area (Å²) in [6, 6.07) is 20.9. The number of hydrogen-bond donors (Lipinski definition) is 1. The van der Waals surface area contributed by atoms with Gasteiger partial charge in [0.2, 0.25) is 0 Å². The number of nitrogens with zero attached hydrogens (tertiary/aromatic N) is 1. The van der Waals surface area contributed by atoms with Crippen LogP contribution < -0.4 is 10.4 Å².